The summed E-state index contributed by atoms with van der Waals surface area (Å²) in [7, 11) is 2.13. The first-order valence-electron chi connectivity index (χ1n) is 11.4. The lowest BCUT2D eigenvalue weighted by molar-refractivity contribution is 0.146. The molecule has 2 aliphatic heterocycles. The Balaban J connectivity index is 1.40. The lowest BCUT2D eigenvalue weighted by atomic mass is 10.1. The van der Waals surface area contributed by atoms with E-state index in [0.717, 1.165) is 64.2 Å². The second kappa shape index (κ2) is 9.38. The number of piperidine rings is 1. The zero-order chi connectivity index (χ0) is 22.8. The van der Waals surface area contributed by atoms with Crippen LogP contribution < -0.4 is 15.1 Å². The van der Waals surface area contributed by atoms with Crippen molar-refractivity contribution in [2.45, 2.75) is 25.7 Å². The molecule has 8 nitrogen and oxygen atoms in total. The molecule has 10 heteroatoms. The van der Waals surface area contributed by atoms with Gasteiger partial charge in [0.25, 0.3) is 6.43 Å². The maximum absolute atomic E-state index is 13.4. The molecule has 174 valence electrons. The van der Waals surface area contributed by atoms with E-state index in [1.165, 1.54) is 6.07 Å². The minimum absolute atomic E-state index is 0.242. The molecule has 3 aromatic rings. The molecule has 3 aromatic heterocycles. The maximum atomic E-state index is 13.4. The average molecular weight is 455 g/mol. The largest absolute Gasteiger partial charge is 0.368 e. The van der Waals surface area contributed by atoms with Crippen molar-refractivity contribution >= 4 is 34.2 Å². The Morgan fingerprint density at radius 2 is 1.67 bits per heavy atom. The highest BCUT2D eigenvalue weighted by Crippen LogP contribution is 2.30. The Kier molecular flexibility index (Phi) is 6.17. The Labute approximate surface area is 191 Å². The third kappa shape index (κ3) is 4.80. The molecule has 0 spiro atoms. The van der Waals surface area contributed by atoms with Crippen LogP contribution in [-0.4, -0.2) is 71.2 Å². The first-order valence-corrected chi connectivity index (χ1v) is 11.4. The number of rotatable bonds is 5. The van der Waals surface area contributed by atoms with Gasteiger partial charge in [-0.2, -0.15) is 0 Å². The molecule has 5 heterocycles. The van der Waals surface area contributed by atoms with Crippen molar-refractivity contribution in [2.75, 3.05) is 61.4 Å². The van der Waals surface area contributed by atoms with Crippen LogP contribution in [0, 0.1) is 0 Å². The molecule has 5 rings (SSSR count). The summed E-state index contributed by atoms with van der Waals surface area (Å²) >= 11 is 0. The van der Waals surface area contributed by atoms with E-state index >= 15 is 0 Å². The molecule has 2 fully saturated rings. The monoisotopic (exact) mass is 454 g/mol. The van der Waals surface area contributed by atoms with Crippen LogP contribution in [0.25, 0.3) is 10.9 Å². The van der Waals surface area contributed by atoms with Gasteiger partial charge in [-0.1, -0.05) is 0 Å². The van der Waals surface area contributed by atoms with Crippen LogP contribution in [-0.2, 0) is 0 Å². The number of pyridine rings is 2. The summed E-state index contributed by atoms with van der Waals surface area (Å²) in [5.41, 5.74) is 1.42. The van der Waals surface area contributed by atoms with Gasteiger partial charge in [0.2, 0.25) is 5.95 Å². The second-order valence-electron chi connectivity index (χ2n) is 8.67. The number of hydrogen-bond acceptors (Lipinski definition) is 8. The molecule has 0 bridgehead atoms. The van der Waals surface area contributed by atoms with Crippen molar-refractivity contribution in [3.63, 3.8) is 0 Å². The van der Waals surface area contributed by atoms with Gasteiger partial charge in [-0.25, -0.2) is 28.7 Å². The quantitative estimate of drug-likeness (QED) is 0.624. The standard InChI is InChI=1S/C23H28F2N8/c1-31-9-11-32(12-10-31)17-5-6-19(26-15-17)29-23-27-14-16-13-18(21(24)25)28-22(20(16)30-23)33-7-3-2-4-8-33/h5-6,13-15,21H,2-4,7-12H2,1H3,(H,26,27,29,30). The minimum atomic E-state index is -2.64. The molecular formula is C23H28F2N8. The van der Waals surface area contributed by atoms with E-state index in [4.69, 9.17) is 0 Å². The molecule has 0 aromatic carbocycles. The summed E-state index contributed by atoms with van der Waals surface area (Å²) in [4.78, 5) is 24.5. The molecule has 0 aliphatic carbocycles. The van der Waals surface area contributed by atoms with Gasteiger partial charge in [0, 0.05) is 50.9 Å². The number of nitrogens with zero attached hydrogens (tertiary/aromatic N) is 7. The Morgan fingerprint density at radius 3 is 2.36 bits per heavy atom. The molecule has 2 aliphatic rings. The van der Waals surface area contributed by atoms with Gasteiger partial charge >= 0.3 is 0 Å². The lowest BCUT2D eigenvalue weighted by Crippen LogP contribution is -2.44. The van der Waals surface area contributed by atoms with Crippen molar-refractivity contribution in [1.29, 1.82) is 0 Å². The van der Waals surface area contributed by atoms with Crippen molar-refractivity contribution < 1.29 is 8.78 Å². The van der Waals surface area contributed by atoms with E-state index in [9.17, 15) is 8.78 Å². The van der Waals surface area contributed by atoms with Gasteiger partial charge in [0.15, 0.2) is 5.82 Å². The highest BCUT2D eigenvalue weighted by Gasteiger charge is 2.21. The molecule has 0 amide bonds. The van der Waals surface area contributed by atoms with Crippen LogP contribution in [0.15, 0.2) is 30.6 Å². The minimum Gasteiger partial charge on any atom is -0.368 e. The van der Waals surface area contributed by atoms with E-state index in [-0.39, 0.29) is 5.69 Å². The lowest BCUT2D eigenvalue weighted by Gasteiger charge is -2.33. The summed E-state index contributed by atoms with van der Waals surface area (Å²) in [6.07, 6.45) is 3.96. The molecular weight excluding hydrogens is 426 g/mol. The number of likely N-dealkylation sites (N-methyl/N-ethyl adjacent to an activating group) is 1. The fraction of sp³-hybridized carbons (Fsp3) is 0.478. The molecule has 1 N–H and O–H groups in total. The van der Waals surface area contributed by atoms with Crippen molar-refractivity contribution in [3.05, 3.63) is 36.3 Å². The maximum Gasteiger partial charge on any atom is 0.280 e. The van der Waals surface area contributed by atoms with E-state index in [1.807, 2.05) is 18.3 Å². The molecule has 33 heavy (non-hydrogen) atoms. The number of halogens is 2. The van der Waals surface area contributed by atoms with Gasteiger partial charge in [-0.15, -0.1) is 0 Å². The third-order valence-electron chi connectivity index (χ3n) is 6.30. The fourth-order valence-electron chi connectivity index (χ4n) is 4.37. The number of anilines is 4. The van der Waals surface area contributed by atoms with Gasteiger partial charge in [-0.05, 0) is 44.5 Å². The summed E-state index contributed by atoms with van der Waals surface area (Å²) < 4.78 is 26.9. The van der Waals surface area contributed by atoms with Crippen LogP contribution >= 0.6 is 0 Å². The van der Waals surface area contributed by atoms with E-state index < -0.39 is 6.43 Å². The normalized spacial score (nSPS) is 17.7. The number of nitrogens with one attached hydrogen (secondary N) is 1. The van der Waals surface area contributed by atoms with E-state index in [0.29, 0.717) is 28.5 Å². The van der Waals surface area contributed by atoms with Crippen LogP contribution in [0.1, 0.15) is 31.4 Å². The zero-order valence-electron chi connectivity index (χ0n) is 18.7. The zero-order valence-corrected chi connectivity index (χ0v) is 18.7. The van der Waals surface area contributed by atoms with Crippen molar-refractivity contribution in [2.24, 2.45) is 0 Å². The Morgan fingerprint density at radius 1 is 0.879 bits per heavy atom. The summed E-state index contributed by atoms with van der Waals surface area (Å²) in [5.74, 6) is 1.50. The molecule has 0 radical (unpaired) electrons. The van der Waals surface area contributed by atoms with Gasteiger partial charge < -0.3 is 20.0 Å². The number of hydrogen-bond donors (Lipinski definition) is 1. The smallest absolute Gasteiger partial charge is 0.280 e. The molecule has 2 saturated heterocycles. The summed E-state index contributed by atoms with van der Waals surface area (Å²) in [5, 5.41) is 3.71. The highest BCUT2D eigenvalue weighted by molar-refractivity contribution is 5.89. The molecule has 0 saturated carbocycles. The first kappa shape index (κ1) is 21.7. The number of piperazine rings is 1. The van der Waals surface area contributed by atoms with Crippen LogP contribution in [0.2, 0.25) is 0 Å². The third-order valence-corrected chi connectivity index (χ3v) is 6.30. The number of alkyl halides is 2. The molecule has 0 atom stereocenters. The van der Waals surface area contributed by atoms with E-state index in [1.54, 1.807) is 6.20 Å². The predicted octanol–water partition coefficient (Wildman–Crippen LogP) is 3.84. The number of fused-ring (bicyclic) bond motifs is 1. The summed E-state index contributed by atoms with van der Waals surface area (Å²) in [6.45, 7) is 5.60. The van der Waals surface area contributed by atoms with Crippen LogP contribution in [0.4, 0.5) is 32.1 Å². The van der Waals surface area contributed by atoms with E-state index in [2.05, 4.69) is 47.0 Å². The van der Waals surface area contributed by atoms with Gasteiger partial charge in [0.05, 0.1) is 11.9 Å². The second-order valence-corrected chi connectivity index (χ2v) is 8.67. The SMILES string of the molecule is CN1CCN(c2ccc(Nc3ncc4cc(C(F)F)nc(N5CCCCC5)c4n3)nc2)CC1. The average Bonchev–Trinajstić information content (AvgIpc) is 2.85. The highest BCUT2D eigenvalue weighted by atomic mass is 19.3. The fourth-order valence-corrected chi connectivity index (χ4v) is 4.37. The van der Waals surface area contributed by atoms with Crippen LogP contribution in [0.3, 0.4) is 0 Å². The first-order chi connectivity index (χ1) is 16.1. The Hall–Kier alpha value is -3.14. The van der Waals surface area contributed by atoms with Gasteiger partial charge in [0.1, 0.15) is 17.0 Å². The number of aromatic nitrogens is 4. The van der Waals surface area contributed by atoms with Crippen LogP contribution in [0.5, 0.6) is 0 Å². The van der Waals surface area contributed by atoms with Crippen molar-refractivity contribution in [3.8, 4) is 0 Å². The predicted molar refractivity (Wildman–Crippen MR) is 126 cm³/mol. The Bertz CT molecular complexity index is 1090. The topological polar surface area (TPSA) is 73.3 Å². The molecule has 0 unspecified atom stereocenters. The van der Waals surface area contributed by atoms with Crippen molar-refractivity contribution in [1.82, 2.24) is 24.8 Å². The van der Waals surface area contributed by atoms with Gasteiger partial charge in [-0.3, -0.25) is 0 Å². The summed E-state index contributed by atoms with van der Waals surface area (Å²) in [6, 6.07) is 5.32.